The van der Waals surface area contributed by atoms with Gasteiger partial charge in [0, 0.05) is 36.5 Å². The zero-order chi connectivity index (χ0) is 23.3. The Morgan fingerprint density at radius 2 is 1.71 bits per heavy atom. The number of ketones is 1. The van der Waals surface area contributed by atoms with Gasteiger partial charge in [0.2, 0.25) is 0 Å². The summed E-state index contributed by atoms with van der Waals surface area (Å²) < 4.78 is 6.35. The van der Waals surface area contributed by atoms with Gasteiger partial charge < -0.3 is 9.64 Å². The number of ether oxygens (including phenoxy) is 1. The lowest BCUT2D eigenvalue weighted by atomic mass is 9.82. The van der Waals surface area contributed by atoms with Crippen LogP contribution in [0, 0.1) is 0 Å². The second-order valence-electron chi connectivity index (χ2n) is 9.60. The number of anilines is 1. The van der Waals surface area contributed by atoms with Crippen molar-refractivity contribution >= 4 is 34.8 Å². The van der Waals surface area contributed by atoms with E-state index in [1.54, 1.807) is 12.1 Å². The highest BCUT2D eigenvalue weighted by molar-refractivity contribution is 6.36. The van der Waals surface area contributed by atoms with Gasteiger partial charge in [-0.15, -0.1) is 10.2 Å². The second-order valence-corrected chi connectivity index (χ2v) is 10.4. The van der Waals surface area contributed by atoms with Crippen LogP contribution in [0.2, 0.25) is 10.0 Å². The average molecular weight is 494 g/mol. The minimum absolute atomic E-state index is 0.0355. The fourth-order valence-electron chi connectivity index (χ4n) is 5.47. The van der Waals surface area contributed by atoms with E-state index in [-0.39, 0.29) is 5.78 Å². The van der Waals surface area contributed by atoms with Crippen LogP contribution in [-0.4, -0.2) is 34.7 Å². The molecule has 0 bridgehead atoms. The van der Waals surface area contributed by atoms with Gasteiger partial charge in [0.25, 0.3) is 0 Å². The van der Waals surface area contributed by atoms with Gasteiger partial charge in [0.15, 0.2) is 11.6 Å². The average Bonchev–Trinajstić information content (AvgIpc) is 2.85. The summed E-state index contributed by atoms with van der Waals surface area (Å²) in [5.41, 5.74) is 4.89. The zero-order valence-corrected chi connectivity index (χ0v) is 20.3. The van der Waals surface area contributed by atoms with E-state index in [0.29, 0.717) is 40.6 Å². The lowest BCUT2D eigenvalue weighted by molar-refractivity contribution is 0.0232. The van der Waals surface area contributed by atoms with E-state index >= 15 is 0 Å². The van der Waals surface area contributed by atoms with E-state index in [9.17, 15) is 4.79 Å². The normalized spacial score (nSPS) is 18.9. The third-order valence-corrected chi connectivity index (χ3v) is 7.90. The molecular formula is C27H25Cl2N3O2. The largest absolute Gasteiger partial charge is 0.484 e. The summed E-state index contributed by atoms with van der Waals surface area (Å²) in [7, 11) is 0. The third kappa shape index (κ3) is 3.95. The first kappa shape index (κ1) is 21.9. The minimum atomic E-state index is -0.533. The molecular weight excluding hydrogens is 469 g/mol. The Hall–Kier alpha value is -2.63. The number of aromatic nitrogens is 2. The Morgan fingerprint density at radius 1 is 0.912 bits per heavy atom. The van der Waals surface area contributed by atoms with E-state index < -0.39 is 5.60 Å². The summed E-state index contributed by atoms with van der Waals surface area (Å²) in [4.78, 5) is 15.1. The number of hydrogen-bond acceptors (Lipinski definition) is 5. The van der Waals surface area contributed by atoms with Crippen LogP contribution in [-0.2, 0) is 12.8 Å². The Labute approximate surface area is 209 Å². The van der Waals surface area contributed by atoms with Crippen molar-refractivity contribution in [2.24, 2.45) is 0 Å². The molecule has 0 N–H and O–H groups in total. The molecule has 0 amide bonds. The molecule has 6 rings (SSSR count). The van der Waals surface area contributed by atoms with Crippen LogP contribution in [0.3, 0.4) is 0 Å². The van der Waals surface area contributed by atoms with Crippen molar-refractivity contribution in [3.05, 3.63) is 69.2 Å². The maximum Gasteiger partial charge on any atom is 0.170 e. The predicted molar refractivity (Wildman–Crippen MR) is 134 cm³/mol. The highest BCUT2D eigenvalue weighted by atomic mass is 35.5. The number of aryl methyl sites for hydroxylation is 2. The molecule has 3 aliphatic rings. The van der Waals surface area contributed by atoms with Crippen LogP contribution in [0.25, 0.3) is 11.3 Å². The number of Topliss-reactive ketones (excluding diaryl/α,β-unsaturated/α-hetero) is 1. The van der Waals surface area contributed by atoms with Gasteiger partial charge in [-0.05, 0) is 67.1 Å². The first-order valence-electron chi connectivity index (χ1n) is 11.9. The molecule has 0 radical (unpaired) electrons. The number of halogens is 2. The molecule has 2 aromatic carbocycles. The monoisotopic (exact) mass is 493 g/mol. The maximum absolute atomic E-state index is 12.8. The van der Waals surface area contributed by atoms with Crippen LogP contribution in [0.5, 0.6) is 5.75 Å². The summed E-state index contributed by atoms with van der Waals surface area (Å²) in [6.07, 6.45) is 6.64. The highest BCUT2D eigenvalue weighted by Crippen LogP contribution is 2.44. The number of fused-ring (bicyclic) bond motifs is 2. The maximum atomic E-state index is 12.8. The Morgan fingerprint density at radius 3 is 2.47 bits per heavy atom. The SMILES string of the molecule is O=C1CC2(CCN(c3ccc(-c4ccc5c(c4)CCCC5)nn3)CC2)Oc2c(Cl)cc(Cl)cc21. The molecule has 0 atom stereocenters. The molecule has 1 aromatic heterocycles. The van der Waals surface area contributed by atoms with Gasteiger partial charge in [0.1, 0.15) is 11.4 Å². The molecule has 5 nitrogen and oxygen atoms in total. The number of carbonyl (C=O) groups is 1. The van der Waals surface area contributed by atoms with Gasteiger partial charge in [-0.2, -0.15) is 0 Å². The number of nitrogens with zero attached hydrogens (tertiary/aromatic N) is 3. The van der Waals surface area contributed by atoms with Gasteiger partial charge in [-0.1, -0.05) is 35.3 Å². The molecule has 1 aliphatic carbocycles. The molecule has 2 aliphatic heterocycles. The Kier molecular flexibility index (Phi) is 5.50. The van der Waals surface area contributed by atoms with Crippen molar-refractivity contribution in [3.63, 3.8) is 0 Å². The summed E-state index contributed by atoms with van der Waals surface area (Å²) in [6, 6.07) is 14.0. The van der Waals surface area contributed by atoms with Crippen molar-refractivity contribution in [3.8, 4) is 17.0 Å². The summed E-state index contributed by atoms with van der Waals surface area (Å²) in [6.45, 7) is 1.47. The van der Waals surface area contributed by atoms with Crippen LogP contribution >= 0.6 is 23.2 Å². The zero-order valence-electron chi connectivity index (χ0n) is 18.8. The van der Waals surface area contributed by atoms with Crippen LogP contribution < -0.4 is 9.64 Å². The number of piperidine rings is 1. The molecule has 174 valence electrons. The van der Waals surface area contributed by atoms with Crippen molar-refractivity contribution in [2.75, 3.05) is 18.0 Å². The Bertz CT molecular complexity index is 1270. The molecule has 7 heteroatoms. The number of hydrogen-bond donors (Lipinski definition) is 0. The van der Waals surface area contributed by atoms with Crippen molar-refractivity contribution in [1.82, 2.24) is 10.2 Å². The number of carbonyl (C=O) groups excluding carboxylic acids is 1. The number of rotatable bonds is 2. The summed E-state index contributed by atoms with van der Waals surface area (Å²) in [5, 5.41) is 9.90. The van der Waals surface area contributed by atoms with E-state index in [2.05, 4.69) is 39.4 Å². The Balaban J connectivity index is 1.16. The molecule has 0 unspecified atom stereocenters. The number of benzene rings is 2. The van der Waals surface area contributed by atoms with Crippen molar-refractivity contribution in [1.29, 1.82) is 0 Å². The van der Waals surface area contributed by atoms with E-state index in [4.69, 9.17) is 27.9 Å². The minimum Gasteiger partial charge on any atom is -0.484 e. The molecule has 3 heterocycles. The van der Waals surface area contributed by atoms with Gasteiger partial charge >= 0.3 is 0 Å². The lowest BCUT2D eigenvalue weighted by Gasteiger charge is -2.44. The quantitative estimate of drug-likeness (QED) is 0.417. The van der Waals surface area contributed by atoms with Crippen molar-refractivity contribution in [2.45, 2.75) is 50.5 Å². The molecule has 1 spiro atoms. The van der Waals surface area contributed by atoms with Crippen LogP contribution in [0.1, 0.15) is 53.6 Å². The van der Waals surface area contributed by atoms with Gasteiger partial charge in [-0.25, -0.2) is 0 Å². The van der Waals surface area contributed by atoms with Crippen molar-refractivity contribution < 1.29 is 9.53 Å². The summed E-state index contributed by atoms with van der Waals surface area (Å²) >= 11 is 12.4. The van der Waals surface area contributed by atoms with E-state index in [1.807, 2.05) is 6.07 Å². The second kappa shape index (κ2) is 8.54. The standard InChI is InChI=1S/C27H25Cl2N3O2/c28-20-14-21-24(33)16-27(34-26(21)22(29)15-20)9-11-32(12-10-27)25-8-7-23(30-31-25)19-6-5-17-3-1-2-4-18(17)13-19/h5-8,13-15H,1-4,9-12,16H2. The van der Waals surface area contributed by atoms with Gasteiger partial charge in [0.05, 0.1) is 22.7 Å². The predicted octanol–water partition coefficient (Wildman–Crippen LogP) is 6.33. The fourth-order valence-corrected chi connectivity index (χ4v) is 6.01. The molecule has 1 fully saturated rings. The smallest absolute Gasteiger partial charge is 0.170 e. The fraction of sp³-hybridized carbons (Fsp3) is 0.370. The molecule has 3 aromatic rings. The van der Waals surface area contributed by atoms with Crippen LogP contribution in [0.15, 0.2) is 42.5 Å². The third-order valence-electron chi connectivity index (χ3n) is 7.40. The summed E-state index contributed by atoms with van der Waals surface area (Å²) in [5.74, 6) is 1.35. The lowest BCUT2D eigenvalue weighted by Crippen LogP contribution is -2.51. The first-order valence-corrected chi connectivity index (χ1v) is 12.7. The van der Waals surface area contributed by atoms with E-state index in [1.165, 1.54) is 30.4 Å². The van der Waals surface area contributed by atoms with Crippen LogP contribution in [0.4, 0.5) is 5.82 Å². The van der Waals surface area contributed by atoms with Gasteiger partial charge in [-0.3, -0.25) is 4.79 Å². The molecule has 34 heavy (non-hydrogen) atoms. The topological polar surface area (TPSA) is 55.3 Å². The van der Waals surface area contributed by atoms with E-state index in [0.717, 1.165) is 36.6 Å². The molecule has 0 saturated carbocycles. The molecule has 1 saturated heterocycles. The highest BCUT2D eigenvalue weighted by Gasteiger charge is 2.44. The first-order chi connectivity index (χ1) is 16.5.